The average Bonchev–Trinajstić information content (AvgIpc) is 3.09. The standard InChI is InChI=1S/C16H21Cl2N3OS/c17-14-4-3-12(10-15(14)18)20-5-7-21(8-6-20)16(23)19-11-13-2-1-9-22-13/h3-4,10,13H,1-2,5-9,11H2,(H,19,23)/t13-/m1/s1. The van der Waals surface area contributed by atoms with Crippen molar-refractivity contribution in [2.75, 3.05) is 44.2 Å². The zero-order chi connectivity index (χ0) is 16.2. The Labute approximate surface area is 152 Å². The first-order chi connectivity index (χ1) is 11.1. The number of anilines is 1. The maximum absolute atomic E-state index is 6.10. The van der Waals surface area contributed by atoms with Gasteiger partial charge in [-0.25, -0.2) is 0 Å². The third-order valence-electron chi connectivity index (χ3n) is 4.34. The largest absolute Gasteiger partial charge is 0.376 e. The lowest BCUT2D eigenvalue weighted by Gasteiger charge is -2.37. The van der Waals surface area contributed by atoms with Crippen LogP contribution in [0.25, 0.3) is 0 Å². The van der Waals surface area contributed by atoms with Gasteiger partial charge in [-0.15, -0.1) is 0 Å². The van der Waals surface area contributed by atoms with Crippen molar-refractivity contribution in [3.63, 3.8) is 0 Å². The number of piperazine rings is 1. The SMILES string of the molecule is S=C(NC[C@H]1CCCO1)N1CCN(c2ccc(Cl)c(Cl)c2)CC1. The number of hydrogen-bond acceptors (Lipinski definition) is 3. The monoisotopic (exact) mass is 373 g/mol. The van der Waals surface area contributed by atoms with E-state index in [4.69, 9.17) is 40.2 Å². The molecule has 0 amide bonds. The number of thiocarbonyl (C=S) groups is 1. The molecule has 1 atom stereocenters. The number of benzene rings is 1. The molecule has 126 valence electrons. The molecule has 7 heteroatoms. The van der Waals surface area contributed by atoms with Gasteiger partial charge in [0.1, 0.15) is 0 Å². The maximum Gasteiger partial charge on any atom is 0.169 e. The molecule has 2 aliphatic rings. The fraction of sp³-hybridized carbons (Fsp3) is 0.562. The molecular formula is C16H21Cl2N3OS. The molecule has 0 aromatic heterocycles. The van der Waals surface area contributed by atoms with Crippen LogP contribution < -0.4 is 10.2 Å². The number of rotatable bonds is 3. The molecule has 4 nitrogen and oxygen atoms in total. The average molecular weight is 374 g/mol. The number of ether oxygens (including phenoxy) is 1. The molecular weight excluding hydrogens is 353 g/mol. The highest BCUT2D eigenvalue weighted by molar-refractivity contribution is 7.80. The summed E-state index contributed by atoms with van der Waals surface area (Å²) in [6, 6.07) is 5.78. The second kappa shape index (κ2) is 7.88. The van der Waals surface area contributed by atoms with Gasteiger partial charge in [-0.3, -0.25) is 0 Å². The maximum atomic E-state index is 6.10. The summed E-state index contributed by atoms with van der Waals surface area (Å²) >= 11 is 17.6. The summed E-state index contributed by atoms with van der Waals surface area (Å²) in [5.41, 5.74) is 1.11. The lowest BCUT2D eigenvalue weighted by atomic mass is 10.2. The van der Waals surface area contributed by atoms with E-state index >= 15 is 0 Å². The van der Waals surface area contributed by atoms with Gasteiger partial charge in [0.05, 0.1) is 16.1 Å². The Kier molecular flexibility index (Phi) is 5.85. The van der Waals surface area contributed by atoms with E-state index in [9.17, 15) is 0 Å². The highest BCUT2D eigenvalue weighted by Crippen LogP contribution is 2.27. The topological polar surface area (TPSA) is 27.7 Å². The van der Waals surface area contributed by atoms with Gasteiger partial charge in [0.25, 0.3) is 0 Å². The Balaban J connectivity index is 1.47. The van der Waals surface area contributed by atoms with E-state index in [1.807, 2.05) is 18.2 Å². The molecule has 0 spiro atoms. The van der Waals surface area contributed by atoms with Crippen LogP contribution in [0.15, 0.2) is 18.2 Å². The molecule has 0 unspecified atom stereocenters. The Morgan fingerprint density at radius 3 is 2.65 bits per heavy atom. The third kappa shape index (κ3) is 4.41. The van der Waals surface area contributed by atoms with Crippen LogP contribution in [-0.4, -0.2) is 55.4 Å². The van der Waals surface area contributed by atoms with Crippen molar-refractivity contribution < 1.29 is 4.74 Å². The highest BCUT2D eigenvalue weighted by atomic mass is 35.5. The zero-order valence-electron chi connectivity index (χ0n) is 12.9. The van der Waals surface area contributed by atoms with Crippen molar-refractivity contribution in [2.24, 2.45) is 0 Å². The minimum absolute atomic E-state index is 0.311. The summed E-state index contributed by atoms with van der Waals surface area (Å²) in [6.45, 7) is 5.32. The van der Waals surface area contributed by atoms with E-state index in [-0.39, 0.29) is 0 Å². The van der Waals surface area contributed by atoms with Crippen LogP contribution in [0.4, 0.5) is 5.69 Å². The van der Waals surface area contributed by atoms with Crippen LogP contribution in [0.3, 0.4) is 0 Å². The Bertz CT molecular complexity index is 558. The van der Waals surface area contributed by atoms with E-state index in [0.29, 0.717) is 16.1 Å². The molecule has 2 aliphatic heterocycles. The van der Waals surface area contributed by atoms with Crippen molar-refractivity contribution in [2.45, 2.75) is 18.9 Å². The molecule has 2 saturated heterocycles. The summed E-state index contributed by atoms with van der Waals surface area (Å²) in [4.78, 5) is 4.53. The zero-order valence-corrected chi connectivity index (χ0v) is 15.3. The lowest BCUT2D eigenvalue weighted by Crippen LogP contribution is -2.52. The fourth-order valence-corrected chi connectivity index (χ4v) is 3.53. The van der Waals surface area contributed by atoms with E-state index in [2.05, 4.69) is 15.1 Å². The first-order valence-electron chi connectivity index (χ1n) is 7.98. The van der Waals surface area contributed by atoms with Crippen LogP contribution in [0, 0.1) is 0 Å². The molecule has 2 heterocycles. The Morgan fingerprint density at radius 1 is 1.22 bits per heavy atom. The summed E-state index contributed by atoms with van der Waals surface area (Å²) < 4.78 is 5.61. The highest BCUT2D eigenvalue weighted by Gasteiger charge is 2.21. The quantitative estimate of drug-likeness (QED) is 0.821. The van der Waals surface area contributed by atoms with E-state index < -0.39 is 0 Å². The molecule has 0 radical (unpaired) electrons. The van der Waals surface area contributed by atoms with Crippen LogP contribution >= 0.6 is 35.4 Å². The van der Waals surface area contributed by atoms with Gasteiger partial charge in [0.15, 0.2) is 5.11 Å². The number of nitrogens with one attached hydrogen (secondary N) is 1. The normalized spacial score (nSPS) is 21.6. The van der Waals surface area contributed by atoms with Crippen molar-refractivity contribution in [1.29, 1.82) is 0 Å². The molecule has 0 saturated carbocycles. The van der Waals surface area contributed by atoms with Crippen LogP contribution in [0.1, 0.15) is 12.8 Å². The van der Waals surface area contributed by atoms with E-state index in [1.54, 1.807) is 0 Å². The minimum atomic E-state index is 0.311. The Hall–Kier alpha value is -0.750. The van der Waals surface area contributed by atoms with Crippen molar-refractivity contribution in [3.8, 4) is 0 Å². The van der Waals surface area contributed by atoms with Gasteiger partial charge in [0.2, 0.25) is 0 Å². The summed E-state index contributed by atoms with van der Waals surface area (Å²) in [7, 11) is 0. The van der Waals surface area contributed by atoms with Crippen LogP contribution in [0.2, 0.25) is 10.0 Å². The smallest absolute Gasteiger partial charge is 0.169 e. The van der Waals surface area contributed by atoms with Gasteiger partial charge in [-0.05, 0) is 43.3 Å². The second-order valence-electron chi connectivity index (χ2n) is 5.89. The molecule has 1 N–H and O–H groups in total. The second-order valence-corrected chi connectivity index (χ2v) is 7.09. The van der Waals surface area contributed by atoms with Crippen molar-refractivity contribution >= 4 is 46.2 Å². The van der Waals surface area contributed by atoms with Gasteiger partial charge >= 0.3 is 0 Å². The van der Waals surface area contributed by atoms with Gasteiger partial charge < -0.3 is 19.9 Å². The fourth-order valence-electron chi connectivity index (χ4n) is 2.97. The molecule has 2 fully saturated rings. The number of nitrogens with zero attached hydrogens (tertiary/aromatic N) is 2. The Morgan fingerprint density at radius 2 is 2.00 bits per heavy atom. The summed E-state index contributed by atoms with van der Waals surface area (Å²) in [5.74, 6) is 0. The lowest BCUT2D eigenvalue weighted by molar-refractivity contribution is 0.113. The van der Waals surface area contributed by atoms with Crippen LogP contribution in [-0.2, 0) is 4.74 Å². The predicted molar refractivity (Wildman–Crippen MR) is 99.8 cm³/mol. The summed E-state index contributed by atoms with van der Waals surface area (Å²) in [5, 5.41) is 5.36. The molecule has 1 aromatic carbocycles. The molecule has 1 aromatic rings. The molecule has 3 rings (SSSR count). The van der Waals surface area contributed by atoms with Gasteiger partial charge in [0, 0.05) is 45.0 Å². The third-order valence-corrected chi connectivity index (χ3v) is 5.48. The molecule has 0 bridgehead atoms. The van der Waals surface area contributed by atoms with Gasteiger partial charge in [-0.2, -0.15) is 0 Å². The molecule has 23 heavy (non-hydrogen) atoms. The first-order valence-corrected chi connectivity index (χ1v) is 9.14. The van der Waals surface area contributed by atoms with Crippen LogP contribution in [0.5, 0.6) is 0 Å². The predicted octanol–water partition coefficient (Wildman–Crippen LogP) is 3.17. The summed E-state index contributed by atoms with van der Waals surface area (Å²) in [6.07, 6.45) is 2.59. The van der Waals surface area contributed by atoms with Crippen molar-refractivity contribution in [3.05, 3.63) is 28.2 Å². The number of hydrogen-bond donors (Lipinski definition) is 1. The van der Waals surface area contributed by atoms with E-state index in [1.165, 1.54) is 0 Å². The molecule has 0 aliphatic carbocycles. The number of halogens is 2. The van der Waals surface area contributed by atoms with Crippen molar-refractivity contribution in [1.82, 2.24) is 10.2 Å². The minimum Gasteiger partial charge on any atom is -0.376 e. The van der Waals surface area contributed by atoms with Gasteiger partial charge in [-0.1, -0.05) is 23.2 Å². The first kappa shape index (κ1) is 17.1. The van der Waals surface area contributed by atoms with E-state index in [0.717, 1.165) is 63.0 Å².